The van der Waals surface area contributed by atoms with Crippen molar-refractivity contribution >= 4 is 17.6 Å². The van der Waals surface area contributed by atoms with Gasteiger partial charge in [0.25, 0.3) is 0 Å². The monoisotopic (exact) mass is 331 g/mol. The van der Waals surface area contributed by atoms with E-state index in [1.807, 2.05) is 13.0 Å². The second kappa shape index (κ2) is 6.19. The SMILES string of the molecule is COc1c(C)c2c(c(N)c1CC=C1CCC(C(=O)O)C1)C(=O)OC2. The fourth-order valence-corrected chi connectivity index (χ4v) is 3.61. The second-order valence-corrected chi connectivity index (χ2v) is 6.32. The van der Waals surface area contributed by atoms with Gasteiger partial charge in [0.2, 0.25) is 0 Å². The van der Waals surface area contributed by atoms with E-state index in [1.54, 1.807) is 7.11 Å². The first kappa shape index (κ1) is 16.4. The average Bonchev–Trinajstić information content (AvgIpc) is 3.16. The zero-order chi connectivity index (χ0) is 17.4. The molecule has 0 spiro atoms. The molecule has 1 aromatic rings. The van der Waals surface area contributed by atoms with Crippen LogP contribution in [-0.4, -0.2) is 24.2 Å². The van der Waals surface area contributed by atoms with Gasteiger partial charge < -0.3 is 20.3 Å². The average molecular weight is 331 g/mol. The molecule has 6 nitrogen and oxygen atoms in total. The van der Waals surface area contributed by atoms with Gasteiger partial charge in [-0.1, -0.05) is 11.6 Å². The van der Waals surface area contributed by atoms with Crippen molar-refractivity contribution in [2.45, 2.75) is 39.2 Å². The second-order valence-electron chi connectivity index (χ2n) is 6.32. The molecule has 1 aromatic carbocycles. The molecule has 0 bridgehead atoms. The van der Waals surface area contributed by atoms with E-state index in [4.69, 9.17) is 20.3 Å². The van der Waals surface area contributed by atoms with Gasteiger partial charge >= 0.3 is 11.9 Å². The van der Waals surface area contributed by atoms with Crippen molar-refractivity contribution in [3.63, 3.8) is 0 Å². The summed E-state index contributed by atoms with van der Waals surface area (Å²) in [7, 11) is 1.58. The molecular weight excluding hydrogens is 310 g/mol. The number of nitrogen functional groups attached to an aromatic ring is 1. The van der Waals surface area contributed by atoms with Crippen LogP contribution < -0.4 is 10.5 Å². The van der Waals surface area contributed by atoms with E-state index < -0.39 is 11.9 Å². The third-order valence-electron chi connectivity index (χ3n) is 4.99. The molecule has 1 aliphatic heterocycles. The first-order valence-corrected chi connectivity index (χ1v) is 7.99. The number of carboxylic acid groups (broad SMARTS) is 1. The molecule has 0 radical (unpaired) electrons. The Hall–Kier alpha value is -2.50. The third kappa shape index (κ3) is 2.62. The predicted octanol–water partition coefficient (Wildman–Crippen LogP) is 2.61. The Labute approximate surface area is 140 Å². The molecular formula is C18H21NO5. The maximum Gasteiger partial charge on any atom is 0.341 e. The van der Waals surface area contributed by atoms with Gasteiger partial charge in [0.15, 0.2) is 0 Å². The van der Waals surface area contributed by atoms with Crippen LogP contribution in [0.15, 0.2) is 11.6 Å². The van der Waals surface area contributed by atoms with Gasteiger partial charge in [-0.2, -0.15) is 0 Å². The molecule has 24 heavy (non-hydrogen) atoms. The van der Waals surface area contributed by atoms with Crippen LogP contribution in [0.4, 0.5) is 5.69 Å². The van der Waals surface area contributed by atoms with Crippen LogP contribution >= 0.6 is 0 Å². The fourth-order valence-electron chi connectivity index (χ4n) is 3.61. The molecule has 1 heterocycles. The van der Waals surface area contributed by atoms with Gasteiger partial charge in [0.05, 0.1) is 24.3 Å². The minimum Gasteiger partial charge on any atom is -0.496 e. The smallest absolute Gasteiger partial charge is 0.341 e. The molecule has 1 aliphatic carbocycles. The number of allylic oxidation sites excluding steroid dienone is 2. The summed E-state index contributed by atoms with van der Waals surface area (Å²) in [5, 5.41) is 9.10. The largest absolute Gasteiger partial charge is 0.496 e. The van der Waals surface area contributed by atoms with Crippen molar-refractivity contribution in [3.05, 3.63) is 33.9 Å². The van der Waals surface area contributed by atoms with Crippen molar-refractivity contribution < 1.29 is 24.2 Å². The Balaban J connectivity index is 1.94. The summed E-state index contributed by atoms with van der Waals surface area (Å²) in [4.78, 5) is 23.0. The molecule has 1 unspecified atom stereocenters. The number of ether oxygens (including phenoxy) is 2. The third-order valence-corrected chi connectivity index (χ3v) is 4.99. The standard InChI is InChI=1S/C18H21NO5/c1-9-13-8-24-18(22)14(13)15(19)12(16(9)23-2)6-4-10-3-5-11(7-10)17(20)21/h4,11H,3,5-8,19H2,1-2H3,(H,20,21). The number of hydrogen-bond donors (Lipinski definition) is 2. The van der Waals surface area contributed by atoms with Crippen LogP contribution in [0, 0.1) is 12.8 Å². The summed E-state index contributed by atoms with van der Waals surface area (Å²) in [5.41, 5.74) is 10.6. The van der Waals surface area contributed by atoms with Gasteiger partial charge in [-0.3, -0.25) is 4.79 Å². The van der Waals surface area contributed by atoms with Gasteiger partial charge in [-0.15, -0.1) is 0 Å². The van der Waals surface area contributed by atoms with E-state index in [1.165, 1.54) is 0 Å². The summed E-state index contributed by atoms with van der Waals surface area (Å²) >= 11 is 0. The van der Waals surface area contributed by atoms with Crippen LogP contribution in [0.25, 0.3) is 0 Å². The number of rotatable bonds is 4. The quantitative estimate of drug-likeness (QED) is 0.500. The van der Waals surface area contributed by atoms with E-state index >= 15 is 0 Å². The maximum absolute atomic E-state index is 11.9. The normalized spacial score (nSPS) is 21.0. The van der Waals surface area contributed by atoms with Crippen LogP contribution in [0.3, 0.4) is 0 Å². The van der Waals surface area contributed by atoms with Crippen LogP contribution in [-0.2, 0) is 22.6 Å². The van der Waals surface area contributed by atoms with E-state index in [2.05, 4.69) is 0 Å². The highest BCUT2D eigenvalue weighted by atomic mass is 16.5. The number of aliphatic carboxylic acids is 1. The number of esters is 1. The highest BCUT2D eigenvalue weighted by Gasteiger charge is 2.31. The number of carbonyl (C=O) groups excluding carboxylic acids is 1. The summed E-state index contributed by atoms with van der Waals surface area (Å²) < 4.78 is 10.6. The lowest BCUT2D eigenvalue weighted by atomic mass is 9.94. The Morgan fingerprint density at radius 2 is 2.25 bits per heavy atom. The zero-order valence-corrected chi connectivity index (χ0v) is 13.8. The molecule has 2 aliphatic rings. The molecule has 0 amide bonds. The molecule has 0 saturated heterocycles. The summed E-state index contributed by atoms with van der Waals surface area (Å²) in [6.07, 6.45) is 4.55. The summed E-state index contributed by atoms with van der Waals surface area (Å²) in [5.74, 6) is -0.762. The Kier molecular flexibility index (Phi) is 4.22. The summed E-state index contributed by atoms with van der Waals surface area (Å²) in [6.45, 7) is 2.12. The van der Waals surface area contributed by atoms with Crippen LogP contribution in [0.5, 0.6) is 5.75 Å². The number of nitrogens with two attached hydrogens (primary N) is 1. The topological polar surface area (TPSA) is 98.9 Å². The molecule has 3 rings (SSSR count). The van der Waals surface area contributed by atoms with Crippen molar-refractivity contribution in [1.82, 2.24) is 0 Å². The first-order chi connectivity index (χ1) is 11.4. The molecule has 6 heteroatoms. The molecule has 0 aromatic heterocycles. The van der Waals surface area contributed by atoms with E-state index in [0.29, 0.717) is 36.3 Å². The van der Waals surface area contributed by atoms with Crippen molar-refractivity contribution in [2.75, 3.05) is 12.8 Å². The maximum atomic E-state index is 11.9. The number of carboxylic acids is 1. The van der Waals surface area contributed by atoms with Gasteiger partial charge in [0, 0.05) is 11.1 Å². The minimum absolute atomic E-state index is 0.224. The Bertz CT molecular complexity index is 751. The van der Waals surface area contributed by atoms with E-state index in [9.17, 15) is 9.59 Å². The van der Waals surface area contributed by atoms with Gasteiger partial charge in [-0.25, -0.2) is 4.79 Å². The highest BCUT2D eigenvalue weighted by molar-refractivity contribution is 6.00. The van der Waals surface area contributed by atoms with Crippen LogP contribution in [0.2, 0.25) is 0 Å². The minimum atomic E-state index is -0.744. The number of cyclic esters (lactones) is 1. The number of hydrogen-bond acceptors (Lipinski definition) is 5. The van der Waals surface area contributed by atoms with Gasteiger partial charge in [-0.05, 0) is 38.2 Å². The highest BCUT2D eigenvalue weighted by Crippen LogP contribution is 2.40. The lowest BCUT2D eigenvalue weighted by molar-refractivity contribution is -0.141. The molecule has 1 atom stereocenters. The molecule has 128 valence electrons. The Morgan fingerprint density at radius 1 is 1.50 bits per heavy atom. The number of benzene rings is 1. The molecule has 1 fully saturated rings. The van der Waals surface area contributed by atoms with Crippen molar-refractivity contribution in [3.8, 4) is 5.75 Å². The van der Waals surface area contributed by atoms with E-state index in [0.717, 1.165) is 28.7 Å². The molecule has 1 saturated carbocycles. The fraction of sp³-hybridized carbons (Fsp3) is 0.444. The lowest BCUT2D eigenvalue weighted by Gasteiger charge is -2.16. The van der Waals surface area contributed by atoms with Crippen molar-refractivity contribution in [1.29, 1.82) is 0 Å². The zero-order valence-electron chi connectivity index (χ0n) is 13.8. The lowest BCUT2D eigenvalue weighted by Crippen LogP contribution is -2.09. The van der Waals surface area contributed by atoms with Gasteiger partial charge in [0.1, 0.15) is 12.4 Å². The van der Waals surface area contributed by atoms with Crippen molar-refractivity contribution in [2.24, 2.45) is 5.92 Å². The number of carbonyl (C=O) groups is 2. The predicted molar refractivity (Wildman–Crippen MR) is 88.0 cm³/mol. The number of methoxy groups -OCH3 is 1. The van der Waals surface area contributed by atoms with Crippen LogP contribution in [0.1, 0.15) is 46.3 Å². The number of fused-ring (bicyclic) bond motifs is 1. The summed E-state index contributed by atoms with van der Waals surface area (Å²) in [6, 6.07) is 0. The molecule has 3 N–H and O–H groups in total. The number of anilines is 1. The van der Waals surface area contributed by atoms with E-state index in [-0.39, 0.29) is 12.5 Å². The first-order valence-electron chi connectivity index (χ1n) is 7.99. The Morgan fingerprint density at radius 3 is 2.88 bits per heavy atom.